The van der Waals surface area contributed by atoms with Crippen molar-refractivity contribution in [1.82, 2.24) is 9.30 Å². The number of rotatable bonds is 5. The molecule has 2 aromatic rings. The summed E-state index contributed by atoms with van der Waals surface area (Å²) in [6.45, 7) is 3.86. The van der Waals surface area contributed by atoms with Crippen LogP contribution in [0.3, 0.4) is 0 Å². The summed E-state index contributed by atoms with van der Waals surface area (Å²) in [4.78, 5) is 25.2. The molecule has 4 atom stereocenters. The summed E-state index contributed by atoms with van der Waals surface area (Å²) in [6, 6.07) is 5.49. The summed E-state index contributed by atoms with van der Waals surface area (Å²) in [5.74, 6) is -2.69. The van der Waals surface area contributed by atoms with E-state index < -0.39 is 23.9 Å². The van der Waals surface area contributed by atoms with Crippen molar-refractivity contribution in [3.05, 3.63) is 60.2 Å². The van der Waals surface area contributed by atoms with E-state index in [4.69, 9.17) is 0 Å². The number of imidazole rings is 1. The van der Waals surface area contributed by atoms with Crippen LogP contribution in [0.5, 0.6) is 0 Å². The largest absolute Gasteiger partial charge is 1.00 e. The minimum absolute atomic E-state index is 0. The van der Waals surface area contributed by atoms with E-state index >= 15 is 0 Å². The number of hydrogen-bond acceptors (Lipinski definition) is 4. The number of amides is 1. The second-order valence-corrected chi connectivity index (χ2v) is 7.13. The fourth-order valence-electron chi connectivity index (χ4n) is 4.28. The zero-order valence-corrected chi connectivity index (χ0v) is 18.1. The molecule has 0 unspecified atom stereocenters. The van der Waals surface area contributed by atoms with Gasteiger partial charge in [0.2, 0.25) is 5.91 Å². The van der Waals surface area contributed by atoms with Gasteiger partial charge >= 0.3 is 29.6 Å². The van der Waals surface area contributed by atoms with Crippen LogP contribution >= 0.6 is 0 Å². The van der Waals surface area contributed by atoms with Crippen molar-refractivity contribution in [3.63, 3.8) is 0 Å². The molecule has 2 aromatic heterocycles. The number of allylic oxidation sites excluding steroid dienone is 2. The van der Waals surface area contributed by atoms with Gasteiger partial charge in [0.05, 0.1) is 23.9 Å². The van der Waals surface area contributed by atoms with Gasteiger partial charge in [0.1, 0.15) is 18.9 Å². The Labute approximate surface area is 184 Å². The predicted molar refractivity (Wildman–Crippen MR) is 91.5 cm³/mol. The van der Waals surface area contributed by atoms with E-state index in [1.165, 1.54) is 11.8 Å². The standard InChI is InChI=1S/C20H21N3O4.Na/c1-12-14(6-5-9-22-11-10-21-8-4-3-7-15(21)22)18(20(26)27)23-17(12)16(13(2)24)19(23)25;/h3-8,10-13,16-17H,9H2,1-2H3,(H,26,27);/q;+1/p-1/b6-5+;/t12-,13+,16+,17+;/m0./s1. The second-order valence-electron chi connectivity index (χ2n) is 7.13. The van der Waals surface area contributed by atoms with Crippen molar-refractivity contribution in [2.45, 2.75) is 32.5 Å². The Bertz CT molecular complexity index is 994. The third kappa shape index (κ3) is 3.12. The molecule has 1 fully saturated rings. The molecule has 28 heavy (non-hydrogen) atoms. The summed E-state index contributed by atoms with van der Waals surface area (Å²) in [7, 11) is 0. The average Bonchev–Trinajstić information content (AvgIpc) is 3.13. The van der Waals surface area contributed by atoms with Crippen molar-refractivity contribution < 1.29 is 53.9 Å². The maximum absolute atomic E-state index is 12.3. The number of nitrogens with zero attached hydrogens (tertiary/aromatic N) is 3. The summed E-state index contributed by atoms with van der Waals surface area (Å²) >= 11 is 0. The van der Waals surface area contributed by atoms with Crippen LogP contribution in [-0.4, -0.2) is 33.3 Å². The molecule has 0 N–H and O–H groups in total. The molecule has 0 radical (unpaired) electrons. The van der Waals surface area contributed by atoms with E-state index in [0.29, 0.717) is 12.1 Å². The molecular formula is C20H20N3NaO4. The van der Waals surface area contributed by atoms with Gasteiger partial charge < -0.3 is 19.9 Å². The molecule has 1 amide bonds. The Hall–Kier alpha value is -1.93. The second kappa shape index (κ2) is 7.83. The first-order valence-electron chi connectivity index (χ1n) is 8.98. The maximum Gasteiger partial charge on any atom is 1.00 e. The molecule has 2 aliphatic heterocycles. The molecule has 0 aliphatic carbocycles. The molecule has 0 spiro atoms. The first-order valence-corrected chi connectivity index (χ1v) is 8.98. The van der Waals surface area contributed by atoms with Gasteiger partial charge in [0, 0.05) is 17.9 Å². The summed E-state index contributed by atoms with van der Waals surface area (Å²) < 4.78 is 4.01. The van der Waals surface area contributed by atoms with Gasteiger partial charge in [-0.3, -0.25) is 4.79 Å². The van der Waals surface area contributed by atoms with E-state index in [9.17, 15) is 19.8 Å². The van der Waals surface area contributed by atoms with Gasteiger partial charge in [-0.15, -0.1) is 6.10 Å². The maximum atomic E-state index is 12.3. The molecular weight excluding hydrogens is 369 g/mol. The number of pyridine rings is 1. The average molecular weight is 389 g/mol. The van der Waals surface area contributed by atoms with Gasteiger partial charge in [-0.1, -0.05) is 26.0 Å². The quantitative estimate of drug-likeness (QED) is 0.296. The Morgan fingerprint density at radius 3 is 2.79 bits per heavy atom. The van der Waals surface area contributed by atoms with Crippen LogP contribution in [0, 0.1) is 11.8 Å². The number of β-lactam (4-membered cyclic amide) rings is 1. The third-order valence-electron chi connectivity index (χ3n) is 5.57. The normalized spacial score (nSPS) is 25.0. The molecule has 2 aliphatic rings. The zero-order valence-electron chi connectivity index (χ0n) is 16.1. The van der Waals surface area contributed by atoms with Gasteiger partial charge in [-0.2, -0.15) is 0 Å². The Morgan fingerprint density at radius 2 is 2.11 bits per heavy atom. The first-order chi connectivity index (χ1) is 12.9. The van der Waals surface area contributed by atoms with Crippen LogP contribution in [0.25, 0.3) is 5.65 Å². The minimum atomic E-state index is -1.38. The number of aromatic nitrogens is 2. The molecule has 0 bridgehead atoms. The van der Waals surface area contributed by atoms with Crippen molar-refractivity contribution in [1.29, 1.82) is 0 Å². The van der Waals surface area contributed by atoms with E-state index in [2.05, 4.69) is 0 Å². The fraction of sp³-hybridized carbons (Fsp3) is 0.350. The van der Waals surface area contributed by atoms with Gasteiger partial charge in [-0.25, -0.2) is 8.97 Å². The molecule has 0 aromatic carbocycles. The minimum Gasteiger partial charge on any atom is -0.852 e. The number of carboxylic acids is 1. The SMILES string of the molecule is C[C@@H]([O-])[C@H]1C(=O)N2C(C(=O)[O-])=C(/C=C/C[n+]3ccn4ccccc43)[C@H](C)[C@H]12.[Na+]. The Morgan fingerprint density at radius 1 is 1.36 bits per heavy atom. The molecule has 7 nitrogen and oxygen atoms in total. The third-order valence-corrected chi connectivity index (χ3v) is 5.57. The topological polar surface area (TPSA) is 91.8 Å². The van der Waals surface area contributed by atoms with Crippen molar-refractivity contribution >= 4 is 17.5 Å². The summed E-state index contributed by atoms with van der Waals surface area (Å²) in [6.07, 6.45) is 8.39. The van der Waals surface area contributed by atoms with Crippen LogP contribution in [-0.2, 0) is 16.1 Å². The van der Waals surface area contributed by atoms with Crippen molar-refractivity contribution in [2.24, 2.45) is 11.8 Å². The first kappa shape index (κ1) is 20.8. The van der Waals surface area contributed by atoms with Crippen LogP contribution < -0.4 is 44.3 Å². The summed E-state index contributed by atoms with van der Waals surface area (Å²) in [5.41, 5.74) is 1.45. The number of aliphatic carboxylic acids is 1. The number of carbonyl (C=O) groups is 2. The zero-order chi connectivity index (χ0) is 19.3. The number of fused-ring (bicyclic) bond motifs is 2. The molecule has 1 saturated heterocycles. The smallest absolute Gasteiger partial charge is 0.852 e. The van der Waals surface area contributed by atoms with E-state index in [1.807, 2.05) is 58.8 Å². The number of hydrogen-bond donors (Lipinski definition) is 0. The number of carboxylic acid groups (broad SMARTS) is 1. The van der Waals surface area contributed by atoms with Gasteiger partial charge in [-0.05, 0) is 17.7 Å². The molecule has 4 heterocycles. The fourth-order valence-corrected chi connectivity index (χ4v) is 4.28. The monoisotopic (exact) mass is 389 g/mol. The van der Waals surface area contributed by atoms with Crippen LogP contribution in [0.2, 0.25) is 0 Å². The Balaban J connectivity index is 0.00000225. The van der Waals surface area contributed by atoms with Crippen molar-refractivity contribution in [2.75, 3.05) is 0 Å². The van der Waals surface area contributed by atoms with Gasteiger partial charge in [0.25, 0.3) is 5.65 Å². The van der Waals surface area contributed by atoms with Gasteiger partial charge in [0.15, 0.2) is 0 Å². The van der Waals surface area contributed by atoms with E-state index in [0.717, 1.165) is 5.65 Å². The van der Waals surface area contributed by atoms with E-state index in [-0.39, 0.29) is 47.2 Å². The van der Waals surface area contributed by atoms with Crippen LogP contribution in [0.1, 0.15) is 13.8 Å². The molecule has 4 rings (SSSR count). The van der Waals surface area contributed by atoms with E-state index in [1.54, 1.807) is 6.08 Å². The predicted octanol–water partition coefficient (Wildman–Crippen LogP) is -3.98. The molecule has 0 saturated carbocycles. The number of carbonyl (C=O) groups excluding carboxylic acids is 2. The Kier molecular flexibility index (Phi) is 5.82. The van der Waals surface area contributed by atoms with Crippen LogP contribution in [0.15, 0.2) is 60.2 Å². The van der Waals surface area contributed by atoms with Crippen molar-refractivity contribution in [3.8, 4) is 0 Å². The molecule has 140 valence electrons. The van der Waals surface area contributed by atoms with Crippen LogP contribution in [0.4, 0.5) is 0 Å². The molecule has 8 heteroatoms. The summed E-state index contributed by atoms with van der Waals surface area (Å²) in [5, 5.41) is 23.5.